The number of rotatable bonds is 6. The second-order valence-electron chi connectivity index (χ2n) is 6.40. The van der Waals surface area contributed by atoms with Crippen LogP contribution in [-0.4, -0.2) is 40.6 Å². The SMILES string of the molecule is Cc1ccc(-c2[nH]ncc2CNCCC(=O)N2CCCCCC2)o1. The predicted molar refractivity (Wildman–Crippen MR) is 92.4 cm³/mol. The highest BCUT2D eigenvalue weighted by Crippen LogP contribution is 2.23. The van der Waals surface area contributed by atoms with Gasteiger partial charge in [0.1, 0.15) is 11.5 Å². The van der Waals surface area contributed by atoms with Crippen molar-refractivity contribution in [3.05, 3.63) is 29.7 Å². The van der Waals surface area contributed by atoms with E-state index in [1.165, 1.54) is 12.8 Å². The number of H-pyrrole nitrogens is 1. The Morgan fingerprint density at radius 3 is 2.79 bits per heavy atom. The lowest BCUT2D eigenvalue weighted by atomic mass is 10.2. The maximum atomic E-state index is 12.3. The molecule has 1 saturated heterocycles. The standard InChI is InChI=1S/C18H26N4O2/c1-14-6-7-16(24-14)18-15(13-20-21-18)12-19-9-8-17(23)22-10-4-2-3-5-11-22/h6-7,13,19H,2-5,8-12H2,1H3,(H,20,21). The van der Waals surface area contributed by atoms with Crippen LogP contribution in [0, 0.1) is 6.92 Å². The van der Waals surface area contributed by atoms with Crippen molar-refractivity contribution in [2.24, 2.45) is 0 Å². The van der Waals surface area contributed by atoms with Crippen LogP contribution < -0.4 is 5.32 Å². The number of aromatic nitrogens is 2. The number of amides is 1. The van der Waals surface area contributed by atoms with Gasteiger partial charge in [0.15, 0.2) is 5.76 Å². The Bertz CT molecular complexity index is 654. The predicted octanol–water partition coefficient (Wildman–Crippen LogP) is 2.86. The number of aromatic amines is 1. The molecule has 3 rings (SSSR count). The zero-order valence-corrected chi connectivity index (χ0v) is 14.3. The summed E-state index contributed by atoms with van der Waals surface area (Å²) in [5.74, 6) is 1.93. The summed E-state index contributed by atoms with van der Waals surface area (Å²) in [4.78, 5) is 14.3. The molecule has 0 radical (unpaired) electrons. The molecule has 2 aromatic rings. The van der Waals surface area contributed by atoms with E-state index in [1.807, 2.05) is 24.0 Å². The number of nitrogens with zero attached hydrogens (tertiary/aromatic N) is 2. The van der Waals surface area contributed by atoms with Crippen LogP contribution in [0.5, 0.6) is 0 Å². The first kappa shape index (κ1) is 16.8. The lowest BCUT2D eigenvalue weighted by Crippen LogP contribution is -2.33. The summed E-state index contributed by atoms with van der Waals surface area (Å²) in [5.41, 5.74) is 1.95. The minimum Gasteiger partial charge on any atom is -0.460 e. The average molecular weight is 330 g/mol. The van der Waals surface area contributed by atoms with Crippen LogP contribution in [-0.2, 0) is 11.3 Å². The summed E-state index contributed by atoms with van der Waals surface area (Å²) in [5, 5.41) is 10.4. The molecule has 0 saturated carbocycles. The normalized spacial score (nSPS) is 15.5. The molecule has 0 aliphatic carbocycles. The molecule has 0 atom stereocenters. The van der Waals surface area contributed by atoms with E-state index in [9.17, 15) is 4.79 Å². The fourth-order valence-corrected chi connectivity index (χ4v) is 3.12. The highest BCUT2D eigenvalue weighted by molar-refractivity contribution is 5.76. The van der Waals surface area contributed by atoms with E-state index in [0.29, 0.717) is 19.5 Å². The van der Waals surface area contributed by atoms with Crippen LogP contribution in [0.15, 0.2) is 22.7 Å². The number of nitrogens with one attached hydrogen (secondary N) is 2. The first-order valence-corrected chi connectivity index (χ1v) is 8.81. The Labute approximate surface area is 142 Å². The van der Waals surface area contributed by atoms with Gasteiger partial charge in [-0.05, 0) is 31.9 Å². The number of hydrogen-bond acceptors (Lipinski definition) is 4. The molecule has 0 aromatic carbocycles. The number of carbonyl (C=O) groups excluding carboxylic acids is 1. The van der Waals surface area contributed by atoms with Crippen LogP contribution in [0.3, 0.4) is 0 Å². The van der Waals surface area contributed by atoms with Crippen molar-refractivity contribution in [2.75, 3.05) is 19.6 Å². The van der Waals surface area contributed by atoms with Gasteiger partial charge >= 0.3 is 0 Å². The monoisotopic (exact) mass is 330 g/mol. The third-order valence-corrected chi connectivity index (χ3v) is 4.49. The molecule has 1 aliphatic heterocycles. The number of furan rings is 1. The van der Waals surface area contributed by atoms with Gasteiger partial charge in [-0.2, -0.15) is 5.10 Å². The van der Waals surface area contributed by atoms with E-state index in [1.54, 1.807) is 6.20 Å². The first-order chi connectivity index (χ1) is 11.7. The van der Waals surface area contributed by atoms with E-state index in [2.05, 4.69) is 15.5 Å². The maximum absolute atomic E-state index is 12.3. The van der Waals surface area contributed by atoms with Gasteiger partial charge in [-0.1, -0.05) is 12.8 Å². The van der Waals surface area contributed by atoms with Gasteiger partial charge in [-0.15, -0.1) is 0 Å². The summed E-state index contributed by atoms with van der Waals surface area (Å²) in [7, 11) is 0. The molecule has 130 valence electrons. The Kier molecular flexibility index (Phi) is 5.69. The fraction of sp³-hybridized carbons (Fsp3) is 0.556. The second-order valence-corrected chi connectivity index (χ2v) is 6.40. The molecule has 2 N–H and O–H groups in total. The topological polar surface area (TPSA) is 74.2 Å². The second kappa shape index (κ2) is 8.15. The van der Waals surface area contributed by atoms with Gasteiger partial charge in [0.05, 0.1) is 6.20 Å². The zero-order chi connectivity index (χ0) is 16.8. The summed E-state index contributed by atoms with van der Waals surface area (Å²) in [6, 6.07) is 3.88. The molecule has 3 heterocycles. The molecule has 1 amide bonds. The number of hydrogen-bond donors (Lipinski definition) is 2. The first-order valence-electron chi connectivity index (χ1n) is 8.81. The van der Waals surface area contributed by atoms with Crippen molar-refractivity contribution in [1.82, 2.24) is 20.4 Å². The molecule has 0 spiro atoms. The van der Waals surface area contributed by atoms with E-state index in [0.717, 1.165) is 48.7 Å². The van der Waals surface area contributed by atoms with E-state index in [-0.39, 0.29) is 5.91 Å². The molecule has 1 aliphatic rings. The summed E-state index contributed by atoms with van der Waals surface area (Å²) >= 11 is 0. The molecule has 6 nitrogen and oxygen atoms in total. The third kappa shape index (κ3) is 4.26. The van der Waals surface area contributed by atoms with Gasteiger partial charge in [-0.25, -0.2) is 0 Å². The Hall–Kier alpha value is -2.08. The summed E-state index contributed by atoms with van der Waals surface area (Å²) in [6.45, 7) is 5.10. The van der Waals surface area contributed by atoms with Crippen molar-refractivity contribution >= 4 is 5.91 Å². The number of likely N-dealkylation sites (tertiary alicyclic amines) is 1. The van der Waals surface area contributed by atoms with Crippen molar-refractivity contribution in [2.45, 2.75) is 45.6 Å². The highest BCUT2D eigenvalue weighted by Gasteiger charge is 2.15. The van der Waals surface area contributed by atoms with Gasteiger partial charge < -0.3 is 14.6 Å². The van der Waals surface area contributed by atoms with Crippen LogP contribution in [0.1, 0.15) is 43.4 Å². The fourth-order valence-electron chi connectivity index (χ4n) is 3.12. The van der Waals surface area contributed by atoms with Gasteiger partial charge in [0, 0.05) is 38.2 Å². The van der Waals surface area contributed by atoms with E-state index < -0.39 is 0 Å². The Morgan fingerprint density at radius 1 is 1.29 bits per heavy atom. The van der Waals surface area contributed by atoms with Gasteiger partial charge in [-0.3, -0.25) is 9.89 Å². The minimum absolute atomic E-state index is 0.262. The van der Waals surface area contributed by atoms with Crippen LogP contribution in [0.2, 0.25) is 0 Å². The van der Waals surface area contributed by atoms with Gasteiger partial charge in [0.2, 0.25) is 5.91 Å². The third-order valence-electron chi connectivity index (χ3n) is 4.49. The average Bonchev–Trinajstić information content (AvgIpc) is 3.12. The zero-order valence-electron chi connectivity index (χ0n) is 14.3. The molecular weight excluding hydrogens is 304 g/mol. The van der Waals surface area contributed by atoms with Crippen molar-refractivity contribution < 1.29 is 9.21 Å². The maximum Gasteiger partial charge on any atom is 0.223 e. The molecule has 0 unspecified atom stereocenters. The largest absolute Gasteiger partial charge is 0.460 e. The van der Waals surface area contributed by atoms with E-state index >= 15 is 0 Å². The van der Waals surface area contributed by atoms with Crippen LogP contribution >= 0.6 is 0 Å². The molecule has 6 heteroatoms. The molecule has 2 aromatic heterocycles. The Balaban J connectivity index is 1.45. The summed E-state index contributed by atoms with van der Waals surface area (Å²) in [6.07, 6.45) is 7.12. The number of carbonyl (C=O) groups is 1. The van der Waals surface area contributed by atoms with Gasteiger partial charge in [0.25, 0.3) is 0 Å². The lowest BCUT2D eigenvalue weighted by molar-refractivity contribution is -0.131. The molecular formula is C18H26N4O2. The quantitative estimate of drug-likeness (QED) is 0.799. The van der Waals surface area contributed by atoms with Crippen molar-refractivity contribution in [3.8, 4) is 11.5 Å². The van der Waals surface area contributed by atoms with Crippen molar-refractivity contribution in [3.63, 3.8) is 0 Å². The van der Waals surface area contributed by atoms with Crippen LogP contribution in [0.25, 0.3) is 11.5 Å². The minimum atomic E-state index is 0.262. The van der Waals surface area contributed by atoms with Crippen molar-refractivity contribution in [1.29, 1.82) is 0 Å². The molecule has 0 bridgehead atoms. The Morgan fingerprint density at radius 2 is 2.08 bits per heavy atom. The number of aryl methyl sites for hydroxylation is 1. The van der Waals surface area contributed by atoms with E-state index in [4.69, 9.17) is 4.42 Å². The lowest BCUT2D eigenvalue weighted by Gasteiger charge is -2.20. The molecule has 24 heavy (non-hydrogen) atoms. The summed E-state index contributed by atoms with van der Waals surface area (Å²) < 4.78 is 5.64. The smallest absolute Gasteiger partial charge is 0.223 e. The van der Waals surface area contributed by atoms with Crippen LogP contribution in [0.4, 0.5) is 0 Å². The molecule has 1 fully saturated rings. The highest BCUT2D eigenvalue weighted by atomic mass is 16.3.